The fourth-order valence-electron chi connectivity index (χ4n) is 1.57. The van der Waals surface area contributed by atoms with Crippen molar-refractivity contribution in [2.24, 2.45) is 0 Å². The zero-order chi connectivity index (χ0) is 15.5. The molecule has 0 bridgehead atoms. The molecular weight excluding hydrogens is 295 g/mol. The van der Waals surface area contributed by atoms with Crippen molar-refractivity contribution in [2.45, 2.75) is 23.4 Å². The number of amides is 1. The fraction of sp³-hybridized carbons (Fsp3) is 0.333. The van der Waals surface area contributed by atoms with Crippen molar-refractivity contribution >= 4 is 23.6 Å². The van der Waals surface area contributed by atoms with Crippen LogP contribution in [0.25, 0.3) is 0 Å². The molecule has 0 aliphatic rings. The van der Waals surface area contributed by atoms with Gasteiger partial charge >= 0.3 is 11.5 Å². The number of aliphatic carboxylic acids is 1. The van der Waals surface area contributed by atoms with Crippen LogP contribution in [0.5, 0.6) is 0 Å². The molecule has 110 valence electrons. The number of rotatable bonds is 4. The van der Waals surface area contributed by atoms with E-state index >= 15 is 0 Å². The van der Waals surface area contributed by atoms with Gasteiger partial charge in [-0.3, -0.25) is 4.79 Å². The van der Waals surface area contributed by atoms with Crippen LogP contribution in [0.2, 0.25) is 0 Å². The first-order chi connectivity index (χ1) is 9.11. The maximum absolute atomic E-state index is 12.2. The number of thioether (sulfide) groups is 1. The highest BCUT2D eigenvalue weighted by molar-refractivity contribution is 8.00. The van der Waals surface area contributed by atoms with Gasteiger partial charge in [-0.2, -0.15) is 13.2 Å². The Hall–Kier alpha value is -1.70. The molecule has 4 nitrogen and oxygen atoms in total. The highest BCUT2D eigenvalue weighted by Gasteiger charge is 2.30. The number of halogens is 3. The lowest BCUT2D eigenvalue weighted by Crippen LogP contribution is -2.34. The standard InChI is InChI=1S/C12H12F3NO3S/c1-7(17)16(2)10(11(18)19)8-3-5-9(6-4-8)20-12(13,14)15/h3-6,10H,1-2H3,(H,18,19). The van der Waals surface area contributed by atoms with Crippen LogP contribution in [0.4, 0.5) is 13.2 Å². The molecule has 0 fully saturated rings. The highest BCUT2D eigenvalue weighted by Crippen LogP contribution is 2.37. The van der Waals surface area contributed by atoms with Crippen LogP contribution < -0.4 is 0 Å². The third-order valence-corrected chi connectivity index (χ3v) is 3.29. The van der Waals surface area contributed by atoms with E-state index in [1.165, 1.54) is 38.2 Å². The molecule has 1 rings (SSSR count). The number of nitrogens with zero attached hydrogens (tertiary/aromatic N) is 1. The zero-order valence-electron chi connectivity index (χ0n) is 10.6. The SMILES string of the molecule is CC(=O)N(C)C(C(=O)O)c1ccc(SC(F)(F)F)cc1. The molecule has 1 aromatic carbocycles. The van der Waals surface area contributed by atoms with Gasteiger partial charge in [-0.1, -0.05) is 12.1 Å². The second-order valence-electron chi connectivity index (χ2n) is 3.99. The summed E-state index contributed by atoms with van der Waals surface area (Å²) in [6, 6.07) is 3.67. The van der Waals surface area contributed by atoms with Crippen LogP contribution in [0.3, 0.4) is 0 Å². The molecule has 0 radical (unpaired) electrons. The minimum absolute atomic E-state index is 0.0455. The van der Waals surface area contributed by atoms with Crippen LogP contribution in [0.15, 0.2) is 29.2 Å². The van der Waals surface area contributed by atoms with E-state index in [2.05, 4.69) is 0 Å². The van der Waals surface area contributed by atoms with Gasteiger partial charge in [0.25, 0.3) is 0 Å². The summed E-state index contributed by atoms with van der Waals surface area (Å²) in [6.45, 7) is 1.21. The average Bonchev–Trinajstić information content (AvgIpc) is 2.29. The summed E-state index contributed by atoms with van der Waals surface area (Å²) in [6.07, 6.45) is 0. The van der Waals surface area contributed by atoms with Crippen molar-refractivity contribution in [3.63, 3.8) is 0 Å². The predicted octanol–water partition coefficient (Wildman–Crippen LogP) is 2.90. The molecular formula is C12H12F3NO3S. The van der Waals surface area contributed by atoms with Crippen LogP contribution in [0.1, 0.15) is 18.5 Å². The molecule has 20 heavy (non-hydrogen) atoms. The van der Waals surface area contributed by atoms with Gasteiger partial charge in [0.15, 0.2) is 6.04 Å². The van der Waals surface area contributed by atoms with Gasteiger partial charge in [0.1, 0.15) is 0 Å². The van der Waals surface area contributed by atoms with E-state index < -0.39 is 23.4 Å². The van der Waals surface area contributed by atoms with Gasteiger partial charge in [-0.15, -0.1) is 0 Å². The van der Waals surface area contributed by atoms with E-state index in [0.29, 0.717) is 0 Å². The van der Waals surface area contributed by atoms with Gasteiger partial charge in [-0.05, 0) is 29.5 Å². The Bertz CT molecular complexity index is 502. The monoisotopic (exact) mass is 307 g/mol. The molecule has 0 aliphatic carbocycles. The molecule has 0 heterocycles. The second kappa shape index (κ2) is 6.17. The molecule has 1 atom stereocenters. The number of alkyl halides is 3. The van der Waals surface area contributed by atoms with E-state index in [4.69, 9.17) is 5.11 Å². The summed E-state index contributed by atoms with van der Waals surface area (Å²) < 4.78 is 36.5. The summed E-state index contributed by atoms with van der Waals surface area (Å²) in [4.78, 5) is 23.4. The number of hydrogen-bond donors (Lipinski definition) is 1. The number of carbonyl (C=O) groups excluding carboxylic acids is 1. The molecule has 1 N–H and O–H groups in total. The molecule has 1 unspecified atom stereocenters. The van der Waals surface area contributed by atoms with Gasteiger partial charge in [0.05, 0.1) is 0 Å². The highest BCUT2D eigenvalue weighted by atomic mass is 32.2. The summed E-state index contributed by atoms with van der Waals surface area (Å²) >= 11 is -0.284. The van der Waals surface area contributed by atoms with Gasteiger partial charge in [0.2, 0.25) is 5.91 Å². The molecule has 0 aliphatic heterocycles. The van der Waals surface area contributed by atoms with Crippen molar-refractivity contribution < 1.29 is 27.9 Å². The smallest absolute Gasteiger partial charge is 0.446 e. The Morgan fingerprint density at radius 1 is 1.25 bits per heavy atom. The van der Waals surface area contributed by atoms with Crippen LogP contribution in [0, 0.1) is 0 Å². The maximum Gasteiger partial charge on any atom is 0.446 e. The molecule has 0 aromatic heterocycles. The summed E-state index contributed by atoms with van der Waals surface area (Å²) in [7, 11) is 1.32. The van der Waals surface area contributed by atoms with E-state index in [9.17, 15) is 22.8 Å². The van der Waals surface area contributed by atoms with Crippen molar-refractivity contribution in [2.75, 3.05) is 7.05 Å². The fourth-order valence-corrected chi connectivity index (χ4v) is 2.10. The number of carboxylic acids is 1. The maximum atomic E-state index is 12.2. The lowest BCUT2D eigenvalue weighted by Gasteiger charge is -2.24. The average molecular weight is 307 g/mol. The number of carboxylic acid groups (broad SMARTS) is 1. The summed E-state index contributed by atoms with van der Waals surface area (Å²) in [5.74, 6) is -1.70. The largest absolute Gasteiger partial charge is 0.479 e. The Morgan fingerprint density at radius 2 is 1.75 bits per heavy atom. The van der Waals surface area contributed by atoms with Gasteiger partial charge in [0, 0.05) is 18.9 Å². The summed E-state index contributed by atoms with van der Waals surface area (Å²) in [5.41, 5.74) is -4.16. The normalized spacial score (nSPS) is 12.8. The lowest BCUT2D eigenvalue weighted by molar-refractivity contribution is -0.148. The minimum Gasteiger partial charge on any atom is -0.479 e. The first-order valence-corrected chi connectivity index (χ1v) is 6.25. The minimum atomic E-state index is -4.40. The molecule has 1 amide bonds. The second-order valence-corrected chi connectivity index (χ2v) is 5.13. The first kappa shape index (κ1) is 16.4. The molecule has 1 aromatic rings. The van der Waals surface area contributed by atoms with E-state index in [1.807, 2.05) is 0 Å². The van der Waals surface area contributed by atoms with Crippen LogP contribution in [-0.4, -0.2) is 34.4 Å². The first-order valence-electron chi connectivity index (χ1n) is 5.43. The topological polar surface area (TPSA) is 57.6 Å². The van der Waals surface area contributed by atoms with Crippen LogP contribution in [-0.2, 0) is 9.59 Å². The predicted molar refractivity (Wildman–Crippen MR) is 67.2 cm³/mol. The number of likely N-dealkylation sites (N-methyl/N-ethyl adjacent to an activating group) is 1. The van der Waals surface area contributed by atoms with Crippen molar-refractivity contribution in [3.05, 3.63) is 29.8 Å². The van der Waals surface area contributed by atoms with E-state index in [0.717, 1.165) is 4.90 Å². The van der Waals surface area contributed by atoms with Gasteiger partial charge < -0.3 is 10.0 Å². The van der Waals surface area contributed by atoms with Gasteiger partial charge in [-0.25, -0.2) is 4.79 Å². The van der Waals surface area contributed by atoms with Crippen molar-refractivity contribution in [3.8, 4) is 0 Å². The van der Waals surface area contributed by atoms with E-state index in [-0.39, 0.29) is 22.2 Å². The number of hydrogen-bond acceptors (Lipinski definition) is 3. The lowest BCUT2D eigenvalue weighted by atomic mass is 10.1. The number of carbonyl (C=O) groups is 2. The Labute approximate surface area is 117 Å². The molecule has 0 saturated heterocycles. The molecule has 8 heteroatoms. The van der Waals surface area contributed by atoms with Crippen molar-refractivity contribution in [1.29, 1.82) is 0 Å². The number of benzene rings is 1. The van der Waals surface area contributed by atoms with Crippen molar-refractivity contribution in [1.82, 2.24) is 4.90 Å². The third kappa shape index (κ3) is 4.44. The summed E-state index contributed by atoms with van der Waals surface area (Å²) in [5, 5.41) is 9.12. The Balaban J connectivity index is 3.00. The molecule has 0 spiro atoms. The third-order valence-electron chi connectivity index (χ3n) is 2.55. The molecule has 0 saturated carbocycles. The Morgan fingerprint density at radius 3 is 2.10 bits per heavy atom. The quantitative estimate of drug-likeness (QED) is 0.869. The zero-order valence-corrected chi connectivity index (χ0v) is 11.5. The Kier molecular flexibility index (Phi) is 5.04. The van der Waals surface area contributed by atoms with Crippen LogP contribution >= 0.6 is 11.8 Å². The van der Waals surface area contributed by atoms with E-state index in [1.54, 1.807) is 0 Å².